The third kappa shape index (κ3) is 4.59. The van der Waals surface area contributed by atoms with E-state index in [1.54, 1.807) is 0 Å². The van der Waals surface area contributed by atoms with Gasteiger partial charge in [0.25, 0.3) is 5.91 Å². The summed E-state index contributed by atoms with van der Waals surface area (Å²) in [5.41, 5.74) is 5.85. The van der Waals surface area contributed by atoms with E-state index in [-0.39, 0.29) is 11.9 Å². The third-order valence-corrected chi connectivity index (χ3v) is 4.87. The lowest BCUT2D eigenvalue weighted by molar-refractivity contribution is 0.0945. The minimum Gasteiger partial charge on any atom is -0.382 e. The fourth-order valence-corrected chi connectivity index (χ4v) is 3.81. The number of amides is 1. The van der Waals surface area contributed by atoms with Crippen LogP contribution >= 0.6 is 11.3 Å². The van der Waals surface area contributed by atoms with Gasteiger partial charge < -0.3 is 16.4 Å². The summed E-state index contributed by atoms with van der Waals surface area (Å²) in [4.78, 5) is 17.0. The number of hydrogen-bond donors (Lipinski definition) is 3. The van der Waals surface area contributed by atoms with Crippen molar-refractivity contribution in [1.29, 1.82) is 0 Å². The van der Waals surface area contributed by atoms with Gasteiger partial charge in [-0.05, 0) is 38.5 Å². The van der Waals surface area contributed by atoms with Crippen LogP contribution in [0.1, 0.15) is 56.1 Å². The van der Waals surface area contributed by atoms with Gasteiger partial charge in [0.05, 0.1) is 0 Å². The molecule has 6 heteroatoms. The molecule has 2 atom stereocenters. The standard InChI is InChI=1S/C15H26N4OS/c1-9(2)18-15-19-13(16)12(21-15)14(20)17-8-11-6-4-5-10(3)7-11/h9-11H,4-8,16H2,1-3H3,(H,17,20)(H,18,19). The van der Waals surface area contributed by atoms with Crippen molar-refractivity contribution < 1.29 is 4.79 Å². The van der Waals surface area contributed by atoms with Crippen molar-refractivity contribution in [3.05, 3.63) is 4.88 Å². The summed E-state index contributed by atoms with van der Waals surface area (Å²) < 4.78 is 0. The van der Waals surface area contributed by atoms with Gasteiger partial charge >= 0.3 is 0 Å². The molecule has 4 N–H and O–H groups in total. The summed E-state index contributed by atoms with van der Waals surface area (Å²) in [6.07, 6.45) is 5.00. The number of rotatable bonds is 5. The summed E-state index contributed by atoms with van der Waals surface area (Å²) in [5, 5.41) is 6.91. The van der Waals surface area contributed by atoms with Crippen molar-refractivity contribution >= 4 is 28.2 Å². The molecule has 118 valence electrons. The van der Waals surface area contributed by atoms with E-state index in [2.05, 4.69) is 22.5 Å². The van der Waals surface area contributed by atoms with Gasteiger partial charge in [0, 0.05) is 12.6 Å². The second-order valence-corrected chi connectivity index (χ2v) is 7.38. The zero-order valence-electron chi connectivity index (χ0n) is 13.1. The number of anilines is 2. The van der Waals surface area contributed by atoms with E-state index in [0.29, 0.717) is 21.7 Å². The average molecular weight is 310 g/mol. The highest BCUT2D eigenvalue weighted by molar-refractivity contribution is 7.18. The van der Waals surface area contributed by atoms with E-state index >= 15 is 0 Å². The molecule has 1 fully saturated rings. The molecule has 5 nitrogen and oxygen atoms in total. The molecule has 1 aliphatic carbocycles. The van der Waals surface area contributed by atoms with Gasteiger partial charge in [-0.25, -0.2) is 4.98 Å². The van der Waals surface area contributed by atoms with Crippen molar-refractivity contribution in [3.63, 3.8) is 0 Å². The van der Waals surface area contributed by atoms with Crippen LogP contribution in [-0.2, 0) is 0 Å². The molecule has 2 rings (SSSR count). The smallest absolute Gasteiger partial charge is 0.265 e. The minimum absolute atomic E-state index is 0.0972. The number of carbonyl (C=O) groups excluding carboxylic acids is 1. The van der Waals surface area contributed by atoms with Crippen LogP contribution in [0.4, 0.5) is 10.9 Å². The van der Waals surface area contributed by atoms with Crippen molar-refractivity contribution in [1.82, 2.24) is 10.3 Å². The lowest BCUT2D eigenvalue weighted by Crippen LogP contribution is -2.31. The average Bonchev–Trinajstić information content (AvgIpc) is 2.76. The molecule has 0 aliphatic heterocycles. The Morgan fingerprint density at radius 1 is 1.48 bits per heavy atom. The van der Waals surface area contributed by atoms with Crippen LogP contribution in [0.5, 0.6) is 0 Å². The summed E-state index contributed by atoms with van der Waals surface area (Å²) in [6, 6.07) is 0.273. The van der Waals surface area contributed by atoms with Crippen LogP contribution in [-0.4, -0.2) is 23.5 Å². The molecule has 1 aromatic heterocycles. The molecule has 1 saturated carbocycles. The van der Waals surface area contributed by atoms with Crippen molar-refractivity contribution in [2.45, 2.75) is 52.5 Å². The Morgan fingerprint density at radius 3 is 2.90 bits per heavy atom. The zero-order chi connectivity index (χ0) is 15.4. The van der Waals surface area contributed by atoms with Crippen molar-refractivity contribution in [2.24, 2.45) is 11.8 Å². The van der Waals surface area contributed by atoms with E-state index in [1.165, 1.54) is 37.0 Å². The highest BCUT2D eigenvalue weighted by Gasteiger charge is 2.21. The van der Waals surface area contributed by atoms with Gasteiger partial charge in [-0.3, -0.25) is 4.79 Å². The minimum atomic E-state index is -0.0972. The molecule has 0 aromatic carbocycles. The Hall–Kier alpha value is -1.30. The fraction of sp³-hybridized carbons (Fsp3) is 0.733. The van der Waals surface area contributed by atoms with E-state index in [9.17, 15) is 4.79 Å². The molecular formula is C15H26N4OS. The summed E-state index contributed by atoms with van der Waals surface area (Å²) >= 11 is 1.32. The van der Waals surface area contributed by atoms with Gasteiger partial charge in [-0.1, -0.05) is 31.1 Å². The normalized spacial score (nSPS) is 22.3. The van der Waals surface area contributed by atoms with Crippen molar-refractivity contribution in [3.8, 4) is 0 Å². The molecule has 0 spiro atoms. The number of thiazole rings is 1. The molecular weight excluding hydrogens is 284 g/mol. The van der Waals surface area contributed by atoms with Crippen LogP contribution in [0.3, 0.4) is 0 Å². The SMILES string of the molecule is CC1CCCC(CNC(=O)c2sc(NC(C)C)nc2N)C1. The van der Waals surface area contributed by atoms with Gasteiger partial charge in [0.2, 0.25) is 0 Å². The topological polar surface area (TPSA) is 80.0 Å². The van der Waals surface area contributed by atoms with Gasteiger partial charge in [-0.15, -0.1) is 0 Å². The van der Waals surface area contributed by atoms with Crippen LogP contribution < -0.4 is 16.4 Å². The molecule has 0 bridgehead atoms. The summed E-state index contributed by atoms with van der Waals surface area (Å²) in [6.45, 7) is 7.09. The van der Waals surface area contributed by atoms with E-state index < -0.39 is 0 Å². The fourth-order valence-electron chi connectivity index (χ4n) is 2.87. The maximum atomic E-state index is 12.2. The van der Waals surface area contributed by atoms with Gasteiger partial charge in [-0.2, -0.15) is 0 Å². The Kier molecular flexibility index (Phi) is 5.45. The highest BCUT2D eigenvalue weighted by atomic mass is 32.1. The summed E-state index contributed by atoms with van der Waals surface area (Å²) in [5.74, 6) is 1.59. The molecule has 1 amide bonds. The Balaban J connectivity index is 1.89. The second kappa shape index (κ2) is 7.11. The van der Waals surface area contributed by atoms with Crippen LogP contribution in [0.2, 0.25) is 0 Å². The number of nitrogens with zero attached hydrogens (tertiary/aromatic N) is 1. The number of nitrogens with one attached hydrogen (secondary N) is 2. The van der Waals surface area contributed by atoms with Crippen LogP contribution in [0, 0.1) is 11.8 Å². The maximum absolute atomic E-state index is 12.2. The Morgan fingerprint density at radius 2 is 2.24 bits per heavy atom. The second-order valence-electron chi connectivity index (χ2n) is 6.38. The van der Waals surface area contributed by atoms with E-state index in [0.717, 1.165) is 12.5 Å². The number of nitrogens with two attached hydrogens (primary N) is 1. The Bertz CT molecular complexity index is 486. The quantitative estimate of drug-likeness (QED) is 0.780. The predicted molar refractivity (Wildman–Crippen MR) is 88.7 cm³/mol. The van der Waals surface area contributed by atoms with E-state index in [1.807, 2.05) is 13.8 Å². The number of nitrogen functional groups attached to an aromatic ring is 1. The molecule has 1 aliphatic rings. The molecule has 0 saturated heterocycles. The first kappa shape index (κ1) is 16.1. The van der Waals surface area contributed by atoms with Crippen LogP contribution in [0.25, 0.3) is 0 Å². The molecule has 21 heavy (non-hydrogen) atoms. The molecule has 1 aromatic rings. The Labute approximate surface area is 130 Å². The first-order valence-electron chi connectivity index (χ1n) is 7.76. The van der Waals surface area contributed by atoms with Gasteiger partial charge in [0.1, 0.15) is 10.7 Å². The number of aromatic nitrogens is 1. The number of carbonyl (C=O) groups is 1. The highest BCUT2D eigenvalue weighted by Crippen LogP contribution is 2.29. The monoisotopic (exact) mass is 310 g/mol. The number of hydrogen-bond acceptors (Lipinski definition) is 5. The lowest BCUT2D eigenvalue weighted by Gasteiger charge is -2.26. The largest absolute Gasteiger partial charge is 0.382 e. The first-order valence-corrected chi connectivity index (χ1v) is 8.58. The first-order chi connectivity index (χ1) is 9.95. The summed E-state index contributed by atoms with van der Waals surface area (Å²) in [7, 11) is 0. The predicted octanol–water partition coefficient (Wildman–Crippen LogP) is 3.10. The van der Waals surface area contributed by atoms with Crippen LogP contribution in [0.15, 0.2) is 0 Å². The molecule has 2 unspecified atom stereocenters. The van der Waals surface area contributed by atoms with Crippen molar-refractivity contribution in [2.75, 3.05) is 17.6 Å². The lowest BCUT2D eigenvalue weighted by atomic mass is 9.82. The molecule has 0 radical (unpaired) electrons. The molecule has 1 heterocycles. The third-order valence-electron chi connectivity index (χ3n) is 3.87. The van der Waals surface area contributed by atoms with E-state index in [4.69, 9.17) is 5.73 Å². The maximum Gasteiger partial charge on any atom is 0.265 e. The zero-order valence-corrected chi connectivity index (χ0v) is 13.9. The van der Waals surface area contributed by atoms with Gasteiger partial charge in [0.15, 0.2) is 5.13 Å².